The number of fused-ring (bicyclic) bond motifs is 1. The molecule has 3 aromatic carbocycles. The largest absolute Gasteiger partial charge is 0.342 e. The predicted molar refractivity (Wildman–Crippen MR) is 151 cm³/mol. The third-order valence-corrected chi connectivity index (χ3v) is 6.96. The van der Waals surface area contributed by atoms with E-state index in [0.717, 1.165) is 22.0 Å². The van der Waals surface area contributed by atoms with E-state index < -0.39 is 17.9 Å². The number of rotatable bonds is 8. The van der Waals surface area contributed by atoms with Gasteiger partial charge in [-0.15, -0.1) is 0 Å². The van der Waals surface area contributed by atoms with E-state index in [-0.39, 0.29) is 5.92 Å². The fraction of sp³-hybridized carbons (Fsp3) is 0.179. The quantitative estimate of drug-likeness (QED) is 0.191. The Kier molecular flexibility index (Phi) is 8.54. The summed E-state index contributed by atoms with van der Waals surface area (Å²) in [5.74, 6) is -1.02. The van der Waals surface area contributed by atoms with Gasteiger partial charge in [-0.1, -0.05) is 85.0 Å². The van der Waals surface area contributed by atoms with Gasteiger partial charge in [0.2, 0.25) is 0 Å². The number of hydrazone groups is 1. The van der Waals surface area contributed by atoms with Gasteiger partial charge < -0.3 is 9.88 Å². The van der Waals surface area contributed by atoms with Crippen LogP contribution in [0.3, 0.4) is 0 Å². The second-order valence-electron chi connectivity index (χ2n) is 8.89. The summed E-state index contributed by atoms with van der Waals surface area (Å²) in [5, 5.41) is 9.25. The topological polar surface area (TPSA) is 75.5 Å². The van der Waals surface area contributed by atoms with Gasteiger partial charge in [0.15, 0.2) is 0 Å². The van der Waals surface area contributed by atoms with Crippen LogP contribution >= 0.6 is 34.8 Å². The first-order valence-corrected chi connectivity index (χ1v) is 12.8. The highest BCUT2D eigenvalue weighted by atomic mass is 35.5. The summed E-state index contributed by atoms with van der Waals surface area (Å²) in [5.41, 5.74) is 5.71. The van der Waals surface area contributed by atoms with Crippen molar-refractivity contribution in [2.24, 2.45) is 11.0 Å². The molecule has 2 amide bonds. The molecule has 0 bridgehead atoms. The zero-order valence-electron chi connectivity index (χ0n) is 20.2. The maximum absolute atomic E-state index is 12.9. The number of hydrogen-bond donors (Lipinski definition) is 2. The van der Waals surface area contributed by atoms with E-state index in [4.69, 9.17) is 34.8 Å². The van der Waals surface area contributed by atoms with E-state index in [1.165, 1.54) is 0 Å². The average molecular weight is 556 g/mol. The van der Waals surface area contributed by atoms with Crippen molar-refractivity contribution in [2.75, 3.05) is 0 Å². The number of amides is 2. The summed E-state index contributed by atoms with van der Waals surface area (Å²) in [6, 6.07) is 19.4. The Morgan fingerprint density at radius 1 is 0.946 bits per heavy atom. The molecular formula is C28H25Cl3N4O2. The molecule has 0 aliphatic rings. The monoisotopic (exact) mass is 554 g/mol. The Hall–Kier alpha value is -3.32. The van der Waals surface area contributed by atoms with Crippen LogP contribution in [0.25, 0.3) is 10.9 Å². The van der Waals surface area contributed by atoms with E-state index in [1.54, 1.807) is 36.5 Å². The number of aromatic nitrogens is 1. The van der Waals surface area contributed by atoms with Crippen LogP contribution in [-0.2, 0) is 11.3 Å². The van der Waals surface area contributed by atoms with E-state index in [1.807, 2.05) is 56.4 Å². The fourth-order valence-corrected chi connectivity index (χ4v) is 4.52. The van der Waals surface area contributed by atoms with Gasteiger partial charge >= 0.3 is 0 Å². The summed E-state index contributed by atoms with van der Waals surface area (Å²) >= 11 is 18.4. The van der Waals surface area contributed by atoms with Gasteiger partial charge in [0.05, 0.1) is 26.8 Å². The van der Waals surface area contributed by atoms with Gasteiger partial charge in [-0.3, -0.25) is 9.59 Å². The summed E-state index contributed by atoms with van der Waals surface area (Å²) < 4.78 is 2.08. The molecule has 0 radical (unpaired) electrons. The third kappa shape index (κ3) is 6.34. The van der Waals surface area contributed by atoms with E-state index in [9.17, 15) is 9.59 Å². The van der Waals surface area contributed by atoms with Crippen molar-refractivity contribution in [3.63, 3.8) is 0 Å². The summed E-state index contributed by atoms with van der Waals surface area (Å²) in [6.45, 7) is 4.27. The summed E-state index contributed by atoms with van der Waals surface area (Å²) in [7, 11) is 0. The lowest BCUT2D eigenvalue weighted by atomic mass is 10.0. The molecule has 0 saturated carbocycles. The van der Waals surface area contributed by atoms with Crippen molar-refractivity contribution in [3.8, 4) is 0 Å². The molecule has 1 heterocycles. The lowest BCUT2D eigenvalue weighted by Gasteiger charge is -2.20. The number of benzene rings is 3. The number of carbonyl (C=O) groups excluding carboxylic acids is 2. The smallest absolute Gasteiger partial charge is 0.262 e. The molecule has 190 valence electrons. The zero-order valence-corrected chi connectivity index (χ0v) is 22.5. The van der Waals surface area contributed by atoms with Gasteiger partial charge in [-0.05, 0) is 41.8 Å². The molecule has 1 aromatic heterocycles. The minimum atomic E-state index is -0.795. The van der Waals surface area contributed by atoms with Gasteiger partial charge in [0, 0.05) is 29.2 Å². The highest BCUT2D eigenvalue weighted by Gasteiger charge is 2.25. The number of hydrogen-bond acceptors (Lipinski definition) is 3. The molecule has 1 unspecified atom stereocenters. The second-order valence-corrected chi connectivity index (χ2v) is 10.1. The molecule has 4 aromatic rings. The van der Waals surface area contributed by atoms with Crippen LogP contribution in [0, 0.1) is 5.92 Å². The number of para-hydroxylation sites is 1. The van der Waals surface area contributed by atoms with E-state index >= 15 is 0 Å². The molecule has 0 saturated heterocycles. The summed E-state index contributed by atoms with van der Waals surface area (Å²) in [4.78, 5) is 25.6. The van der Waals surface area contributed by atoms with Crippen molar-refractivity contribution in [3.05, 3.63) is 105 Å². The normalized spacial score (nSPS) is 12.3. The molecular weight excluding hydrogens is 531 g/mol. The number of halogens is 3. The van der Waals surface area contributed by atoms with Crippen LogP contribution in [0.5, 0.6) is 0 Å². The van der Waals surface area contributed by atoms with E-state index in [0.29, 0.717) is 27.2 Å². The Bertz CT molecular complexity index is 1480. The van der Waals surface area contributed by atoms with Crippen LogP contribution in [0.4, 0.5) is 0 Å². The Labute approximate surface area is 230 Å². The van der Waals surface area contributed by atoms with Crippen LogP contribution in [0.2, 0.25) is 15.1 Å². The van der Waals surface area contributed by atoms with Gasteiger partial charge in [-0.2, -0.15) is 5.10 Å². The van der Waals surface area contributed by atoms with Crippen LogP contribution in [0.15, 0.2) is 78.0 Å². The van der Waals surface area contributed by atoms with E-state index in [2.05, 4.69) is 20.4 Å². The molecule has 4 rings (SSSR count). The van der Waals surface area contributed by atoms with Crippen LogP contribution in [0.1, 0.15) is 35.3 Å². The second kappa shape index (κ2) is 11.8. The number of nitrogens with one attached hydrogen (secondary N) is 2. The molecule has 9 heteroatoms. The number of carbonyl (C=O) groups is 2. The van der Waals surface area contributed by atoms with Crippen molar-refractivity contribution < 1.29 is 9.59 Å². The molecule has 0 aliphatic carbocycles. The number of nitrogens with zero attached hydrogens (tertiary/aromatic N) is 2. The molecule has 37 heavy (non-hydrogen) atoms. The standard InChI is InChI=1S/C28H25Cl3N4O2/c1-17(2)26(33-27(36)21-8-3-5-9-22(21)29)28(37)34-32-14-19-16-35(25-10-6-4-7-20(19)25)15-18-11-12-23(30)24(31)13-18/h3-14,16-17,26H,15H2,1-2H3,(H,33,36)(H,34,37). The maximum atomic E-state index is 12.9. The fourth-order valence-electron chi connectivity index (χ4n) is 3.98. The molecule has 0 aliphatic heterocycles. The zero-order chi connectivity index (χ0) is 26.5. The van der Waals surface area contributed by atoms with Crippen molar-refractivity contribution in [2.45, 2.75) is 26.4 Å². The first kappa shape index (κ1) is 26.7. The van der Waals surface area contributed by atoms with Gasteiger partial charge in [0.25, 0.3) is 11.8 Å². The van der Waals surface area contributed by atoms with Crippen LogP contribution in [-0.4, -0.2) is 28.6 Å². The van der Waals surface area contributed by atoms with Gasteiger partial charge in [0.1, 0.15) is 6.04 Å². The lowest BCUT2D eigenvalue weighted by Crippen LogP contribution is -2.48. The maximum Gasteiger partial charge on any atom is 0.262 e. The van der Waals surface area contributed by atoms with Crippen molar-refractivity contribution >= 4 is 63.7 Å². The van der Waals surface area contributed by atoms with Gasteiger partial charge in [-0.25, -0.2) is 5.43 Å². The summed E-state index contributed by atoms with van der Waals surface area (Å²) in [6.07, 6.45) is 3.56. The SMILES string of the molecule is CC(C)C(NC(=O)c1ccccc1Cl)C(=O)NN=Cc1cn(Cc2ccc(Cl)c(Cl)c2)c2ccccc12. The highest BCUT2D eigenvalue weighted by molar-refractivity contribution is 6.42. The minimum absolute atomic E-state index is 0.172. The molecule has 6 nitrogen and oxygen atoms in total. The Balaban J connectivity index is 1.50. The first-order valence-electron chi connectivity index (χ1n) is 11.6. The molecule has 0 fully saturated rings. The Morgan fingerprint density at radius 3 is 2.41 bits per heavy atom. The predicted octanol–water partition coefficient (Wildman–Crippen LogP) is 6.55. The molecule has 1 atom stereocenters. The molecule has 2 N–H and O–H groups in total. The third-order valence-electron chi connectivity index (χ3n) is 5.89. The lowest BCUT2D eigenvalue weighted by molar-refractivity contribution is -0.123. The molecule has 0 spiro atoms. The van der Waals surface area contributed by atoms with Crippen molar-refractivity contribution in [1.29, 1.82) is 0 Å². The highest BCUT2D eigenvalue weighted by Crippen LogP contribution is 2.25. The average Bonchev–Trinajstić information content (AvgIpc) is 3.22. The Morgan fingerprint density at radius 2 is 1.68 bits per heavy atom. The van der Waals surface area contributed by atoms with Crippen LogP contribution < -0.4 is 10.7 Å². The first-order chi connectivity index (χ1) is 17.7. The van der Waals surface area contributed by atoms with Crippen molar-refractivity contribution in [1.82, 2.24) is 15.3 Å². The minimum Gasteiger partial charge on any atom is -0.342 e.